The monoisotopic (exact) mass is 296 g/mol. The summed E-state index contributed by atoms with van der Waals surface area (Å²) in [6, 6.07) is 7.71. The molecular weight excluding hydrogens is 276 g/mol. The van der Waals surface area contributed by atoms with E-state index in [0.29, 0.717) is 11.8 Å². The van der Waals surface area contributed by atoms with Gasteiger partial charge in [-0.3, -0.25) is 4.79 Å². The molecule has 1 amide bonds. The van der Waals surface area contributed by atoms with E-state index in [0.717, 1.165) is 29.8 Å². The van der Waals surface area contributed by atoms with Crippen LogP contribution in [0.15, 0.2) is 24.3 Å². The van der Waals surface area contributed by atoms with Gasteiger partial charge in [-0.05, 0) is 24.6 Å². The molecule has 1 atom stereocenters. The molecule has 0 bridgehead atoms. The summed E-state index contributed by atoms with van der Waals surface area (Å²) in [5, 5.41) is 3.60. The van der Waals surface area contributed by atoms with Crippen LogP contribution in [0.25, 0.3) is 0 Å². The van der Waals surface area contributed by atoms with E-state index in [1.807, 2.05) is 47.8 Å². The molecule has 3 nitrogen and oxygen atoms in total. The van der Waals surface area contributed by atoms with Gasteiger partial charge in [0.1, 0.15) is 0 Å². The number of carbonyl (C=O) groups is 1. The first-order chi connectivity index (χ1) is 9.31. The van der Waals surface area contributed by atoms with Crippen molar-refractivity contribution in [2.45, 2.75) is 11.7 Å². The summed E-state index contributed by atoms with van der Waals surface area (Å²) in [5.74, 6) is 3.58. The molecule has 19 heavy (non-hydrogen) atoms. The van der Waals surface area contributed by atoms with Crippen LogP contribution < -0.4 is 11.1 Å². The maximum atomic E-state index is 12.2. The van der Waals surface area contributed by atoms with Gasteiger partial charge in [0.05, 0.1) is 0 Å². The molecule has 1 aromatic rings. The predicted molar refractivity (Wildman–Crippen MR) is 85.1 cm³/mol. The highest BCUT2D eigenvalue weighted by atomic mass is 32.2. The Labute approximate surface area is 123 Å². The third-order valence-electron chi connectivity index (χ3n) is 3.05. The molecular formula is C14H20N2OS2. The van der Waals surface area contributed by atoms with Crippen LogP contribution >= 0.6 is 23.5 Å². The van der Waals surface area contributed by atoms with Crippen molar-refractivity contribution in [2.75, 3.05) is 30.3 Å². The Bertz CT molecular complexity index is 420. The van der Waals surface area contributed by atoms with Crippen LogP contribution in [0.1, 0.15) is 15.9 Å². The number of amides is 1. The summed E-state index contributed by atoms with van der Waals surface area (Å²) in [7, 11) is 0. The second-order valence-electron chi connectivity index (χ2n) is 4.47. The minimum atomic E-state index is 0.0280. The van der Waals surface area contributed by atoms with Crippen LogP contribution in [-0.2, 0) is 6.42 Å². The first kappa shape index (κ1) is 14.8. The van der Waals surface area contributed by atoms with Crippen LogP contribution in [-0.4, -0.2) is 41.5 Å². The van der Waals surface area contributed by atoms with Crippen molar-refractivity contribution >= 4 is 29.4 Å². The molecule has 0 aromatic heterocycles. The van der Waals surface area contributed by atoms with Gasteiger partial charge < -0.3 is 11.1 Å². The molecule has 3 N–H and O–H groups in total. The summed E-state index contributed by atoms with van der Waals surface area (Å²) >= 11 is 3.93. The van der Waals surface area contributed by atoms with Crippen molar-refractivity contribution in [3.8, 4) is 0 Å². The number of hydrogen-bond donors (Lipinski definition) is 2. The highest BCUT2D eigenvalue weighted by molar-refractivity contribution is 8.06. The molecule has 0 saturated carbocycles. The maximum Gasteiger partial charge on any atom is 0.251 e. The van der Waals surface area contributed by atoms with Crippen molar-refractivity contribution in [1.29, 1.82) is 0 Å². The van der Waals surface area contributed by atoms with Crippen LogP contribution in [0.3, 0.4) is 0 Å². The van der Waals surface area contributed by atoms with E-state index in [2.05, 4.69) is 5.32 Å². The fraction of sp³-hybridized carbons (Fsp3) is 0.500. The van der Waals surface area contributed by atoms with Gasteiger partial charge in [-0.2, -0.15) is 23.5 Å². The number of rotatable bonds is 5. The minimum Gasteiger partial charge on any atom is -0.351 e. The number of nitrogens with two attached hydrogens (primary N) is 1. The highest BCUT2D eigenvalue weighted by Gasteiger charge is 2.16. The SMILES string of the molecule is NCCc1ccccc1C(=O)NCC1CSCCS1. The van der Waals surface area contributed by atoms with Crippen molar-refractivity contribution in [3.05, 3.63) is 35.4 Å². The van der Waals surface area contributed by atoms with Gasteiger partial charge in [0.2, 0.25) is 0 Å². The number of nitrogens with one attached hydrogen (secondary N) is 1. The van der Waals surface area contributed by atoms with Gasteiger partial charge in [-0.15, -0.1) is 0 Å². The van der Waals surface area contributed by atoms with Gasteiger partial charge in [-0.25, -0.2) is 0 Å². The number of benzene rings is 1. The molecule has 1 aliphatic rings. The average molecular weight is 296 g/mol. The van der Waals surface area contributed by atoms with E-state index in [4.69, 9.17) is 5.73 Å². The summed E-state index contributed by atoms with van der Waals surface area (Å²) in [4.78, 5) is 12.2. The number of carbonyl (C=O) groups excluding carboxylic acids is 1. The fourth-order valence-electron chi connectivity index (χ4n) is 2.07. The Hall–Kier alpha value is -0.650. The molecule has 1 fully saturated rings. The summed E-state index contributed by atoms with van der Waals surface area (Å²) in [5.41, 5.74) is 7.38. The lowest BCUT2D eigenvalue weighted by atomic mass is 10.0. The first-order valence-corrected chi connectivity index (χ1v) is 8.77. The molecule has 0 aliphatic carbocycles. The molecule has 1 aromatic carbocycles. The zero-order valence-corrected chi connectivity index (χ0v) is 12.6. The molecule has 2 rings (SSSR count). The molecule has 1 heterocycles. The zero-order valence-electron chi connectivity index (χ0n) is 10.9. The standard InChI is InChI=1S/C14H20N2OS2/c15-6-5-11-3-1-2-4-13(11)14(17)16-9-12-10-18-7-8-19-12/h1-4,12H,5-10,15H2,(H,16,17). The third kappa shape index (κ3) is 4.44. The lowest BCUT2D eigenvalue weighted by molar-refractivity contribution is 0.0953. The van der Waals surface area contributed by atoms with Crippen LogP contribution in [0.2, 0.25) is 0 Å². The molecule has 0 spiro atoms. The van der Waals surface area contributed by atoms with E-state index in [-0.39, 0.29) is 5.91 Å². The van der Waals surface area contributed by atoms with E-state index in [1.165, 1.54) is 11.5 Å². The average Bonchev–Trinajstić information content (AvgIpc) is 2.47. The van der Waals surface area contributed by atoms with Gasteiger partial charge in [0.25, 0.3) is 5.91 Å². The third-order valence-corrected chi connectivity index (χ3v) is 5.90. The van der Waals surface area contributed by atoms with Crippen LogP contribution in [0, 0.1) is 0 Å². The molecule has 0 radical (unpaired) electrons. The molecule has 1 saturated heterocycles. The summed E-state index contributed by atoms with van der Waals surface area (Å²) in [6.07, 6.45) is 0.748. The lowest BCUT2D eigenvalue weighted by Gasteiger charge is -2.21. The number of hydrogen-bond acceptors (Lipinski definition) is 4. The van der Waals surface area contributed by atoms with Gasteiger partial charge in [0.15, 0.2) is 0 Å². The Kier molecular flexibility index (Phi) is 6.07. The maximum absolute atomic E-state index is 12.2. The smallest absolute Gasteiger partial charge is 0.251 e. The Morgan fingerprint density at radius 3 is 2.95 bits per heavy atom. The fourth-order valence-corrected chi connectivity index (χ4v) is 4.68. The molecule has 104 valence electrons. The lowest BCUT2D eigenvalue weighted by Crippen LogP contribution is -2.34. The first-order valence-electron chi connectivity index (χ1n) is 6.57. The van der Waals surface area contributed by atoms with Crippen molar-refractivity contribution in [1.82, 2.24) is 5.32 Å². The van der Waals surface area contributed by atoms with Crippen molar-refractivity contribution in [2.24, 2.45) is 5.73 Å². The topological polar surface area (TPSA) is 55.1 Å². The molecule has 5 heteroatoms. The minimum absolute atomic E-state index is 0.0280. The quantitative estimate of drug-likeness (QED) is 0.869. The summed E-state index contributed by atoms with van der Waals surface area (Å²) in [6.45, 7) is 1.33. The van der Waals surface area contributed by atoms with E-state index in [1.54, 1.807) is 0 Å². The second kappa shape index (κ2) is 7.82. The Morgan fingerprint density at radius 1 is 1.37 bits per heavy atom. The van der Waals surface area contributed by atoms with E-state index >= 15 is 0 Å². The van der Waals surface area contributed by atoms with Crippen LogP contribution in [0.4, 0.5) is 0 Å². The Balaban J connectivity index is 1.91. The largest absolute Gasteiger partial charge is 0.351 e. The van der Waals surface area contributed by atoms with Crippen molar-refractivity contribution < 1.29 is 4.79 Å². The number of thioether (sulfide) groups is 2. The normalized spacial score (nSPS) is 19.1. The van der Waals surface area contributed by atoms with E-state index in [9.17, 15) is 4.79 Å². The van der Waals surface area contributed by atoms with Gasteiger partial charge in [-0.1, -0.05) is 18.2 Å². The zero-order chi connectivity index (χ0) is 13.5. The van der Waals surface area contributed by atoms with Crippen LogP contribution in [0.5, 0.6) is 0 Å². The van der Waals surface area contributed by atoms with Gasteiger partial charge >= 0.3 is 0 Å². The second-order valence-corrected chi connectivity index (χ2v) is 7.03. The van der Waals surface area contributed by atoms with Crippen molar-refractivity contribution in [3.63, 3.8) is 0 Å². The van der Waals surface area contributed by atoms with E-state index < -0.39 is 0 Å². The summed E-state index contributed by atoms with van der Waals surface area (Å²) < 4.78 is 0. The van der Waals surface area contributed by atoms with Gasteiger partial charge in [0, 0.05) is 34.6 Å². The predicted octanol–water partition coefficient (Wildman–Crippen LogP) is 1.77. The highest BCUT2D eigenvalue weighted by Crippen LogP contribution is 2.23. The molecule has 1 unspecified atom stereocenters. The molecule has 1 aliphatic heterocycles. The Morgan fingerprint density at radius 2 is 2.21 bits per heavy atom.